The highest BCUT2D eigenvalue weighted by atomic mass is 32.2. The Kier molecular flexibility index (Phi) is 7.62. The average molecular weight is 172 g/mol. The summed E-state index contributed by atoms with van der Waals surface area (Å²) in [6.07, 6.45) is 4.05. The smallest absolute Gasteiger partial charge is 0.0325 e. The van der Waals surface area contributed by atoms with E-state index in [9.17, 15) is 0 Å². The van der Waals surface area contributed by atoms with Crippen molar-refractivity contribution in [2.75, 3.05) is 33.4 Å². The van der Waals surface area contributed by atoms with E-state index in [-0.39, 0.29) is 0 Å². The molecule has 0 heterocycles. The molecule has 0 aromatic carbocycles. The fourth-order valence-electron chi connectivity index (χ4n) is 0.495. The van der Waals surface area contributed by atoms with Gasteiger partial charge in [0.1, 0.15) is 0 Å². The van der Waals surface area contributed by atoms with Gasteiger partial charge in [-0.2, -0.15) is 0 Å². The van der Waals surface area contributed by atoms with Gasteiger partial charge in [-0.25, -0.2) is 0 Å². The first kappa shape index (κ1) is 10.7. The Labute approximate surface area is 73.4 Å². The predicted octanol–water partition coefficient (Wildman–Crippen LogP) is 1.50. The molecule has 0 aliphatic heterocycles. The van der Waals surface area contributed by atoms with Gasteiger partial charge in [0.15, 0.2) is 0 Å². The van der Waals surface area contributed by atoms with Crippen molar-refractivity contribution in [1.82, 2.24) is 4.90 Å². The molecular weight excluding hydrogens is 156 g/mol. The Morgan fingerprint density at radius 2 is 2.18 bits per heavy atom. The van der Waals surface area contributed by atoms with Crippen LogP contribution >= 0.6 is 11.8 Å². The summed E-state index contributed by atoms with van der Waals surface area (Å²) in [4.78, 5) is 6.01. The highest BCUT2D eigenvalue weighted by Crippen LogP contribution is 1.98. The first-order valence-electron chi connectivity index (χ1n) is 3.59. The third-order valence-corrected chi connectivity index (χ3v) is 1.74. The van der Waals surface area contributed by atoms with E-state index in [1.807, 2.05) is 6.21 Å². The summed E-state index contributed by atoms with van der Waals surface area (Å²) in [5.41, 5.74) is 0. The summed E-state index contributed by atoms with van der Waals surface area (Å²) in [5, 5.41) is 2.11. The highest BCUT2D eigenvalue weighted by molar-refractivity contribution is 8.02. The Hall–Kier alpha value is -0.280. The lowest BCUT2D eigenvalue weighted by molar-refractivity contribution is 0.457. The molecule has 11 heavy (non-hydrogen) atoms. The van der Waals surface area contributed by atoms with Crippen LogP contribution in [0.15, 0.2) is 16.5 Å². The van der Waals surface area contributed by atoms with Gasteiger partial charge in [-0.15, -0.1) is 11.8 Å². The largest absolute Gasteiger partial charge is 0.306 e. The van der Waals surface area contributed by atoms with Crippen molar-refractivity contribution in [3.8, 4) is 0 Å². The zero-order chi connectivity index (χ0) is 8.53. The normalized spacial score (nSPS) is 12.4. The maximum absolute atomic E-state index is 3.88. The number of rotatable bonds is 5. The van der Waals surface area contributed by atoms with Gasteiger partial charge in [0.05, 0.1) is 0 Å². The molecule has 0 aromatic rings. The Morgan fingerprint density at radius 1 is 1.45 bits per heavy atom. The van der Waals surface area contributed by atoms with Crippen molar-refractivity contribution in [2.45, 2.75) is 0 Å². The Morgan fingerprint density at radius 3 is 2.73 bits per heavy atom. The molecule has 3 heteroatoms. The topological polar surface area (TPSA) is 15.6 Å². The number of thioether (sulfide) groups is 1. The number of nitrogens with zero attached hydrogens (tertiary/aromatic N) is 2. The van der Waals surface area contributed by atoms with E-state index < -0.39 is 0 Å². The van der Waals surface area contributed by atoms with Crippen LogP contribution in [0.25, 0.3) is 0 Å². The number of likely N-dealkylation sites (N-methyl/N-ethyl adjacent to an activating group) is 1. The molecule has 0 rings (SSSR count). The zero-order valence-electron chi connectivity index (χ0n) is 7.45. The fourth-order valence-corrected chi connectivity index (χ4v) is 1.06. The zero-order valence-corrected chi connectivity index (χ0v) is 8.27. The average Bonchev–Trinajstić information content (AvgIpc) is 1.96. The molecule has 0 amide bonds. The van der Waals surface area contributed by atoms with E-state index in [0.29, 0.717) is 0 Å². The quantitative estimate of drug-likeness (QED) is 0.461. The molecule has 0 saturated carbocycles. The molecule has 0 bridgehead atoms. The van der Waals surface area contributed by atoms with Gasteiger partial charge in [-0.3, -0.25) is 4.99 Å². The molecule has 0 saturated heterocycles. The summed E-state index contributed by atoms with van der Waals surface area (Å²) in [6.45, 7) is 1.01. The minimum Gasteiger partial charge on any atom is -0.306 e. The van der Waals surface area contributed by atoms with Gasteiger partial charge < -0.3 is 4.90 Å². The highest BCUT2D eigenvalue weighted by Gasteiger charge is 1.81. The van der Waals surface area contributed by atoms with Gasteiger partial charge >= 0.3 is 0 Å². The summed E-state index contributed by atoms with van der Waals surface area (Å²) < 4.78 is 0. The first-order valence-corrected chi connectivity index (χ1v) is 4.64. The second-order valence-electron chi connectivity index (χ2n) is 2.41. The molecule has 0 N–H and O–H groups in total. The van der Waals surface area contributed by atoms with Gasteiger partial charge in [-0.1, -0.05) is 6.08 Å². The number of aliphatic imine (C=N–C) groups is 1. The van der Waals surface area contributed by atoms with E-state index in [0.717, 1.165) is 12.3 Å². The van der Waals surface area contributed by atoms with Crippen LogP contribution in [-0.4, -0.2) is 44.6 Å². The van der Waals surface area contributed by atoms with Crippen molar-refractivity contribution in [1.29, 1.82) is 0 Å². The molecule has 0 aromatic heterocycles. The Balaban J connectivity index is 3.16. The third-order valence-electron chi connectivity index (χ3n) is 1.02. The Bertz CT molecular complexity index is 130. The van der Waals surface area contributed by atoms with Crippen molar-refractivity contribution in [2.24, 2.45) is 4.99 Å². The van der Waals surface area contributed by atoms with Crippen LogP contribution in [0, 0.1) is 0 Å². The van der Waals surface area contributed by atoms with Gasteiger partial charge in [0, 0.05) is 25.6 Å². The minimum absolute atomic E-state index is 0.973. The van der Waals surface area contributed by atoms with E-state index in [1.54, 1.807) is 18.8 Å². The van der Waals surface area contributed by atoms with Crippen molar-refractivity contribution >= 4 is 18.0 Å². The molecular formula is C8H16N2S. The SMILES string of the molecule is CN=CCS/C=C\CN(C)C. The number of hydrogen-bond donors (Lipinski definition) is 0. The standard InChI is InChI=1S/C8H16N2S/c1-9-5-8-11-7-4-6-10(2)3/h4-5,7H,6,8H2,1-3H3/b7-4-,9-5?. The molecule has 0 atom stereocenters. The van der Waals surface area contributed by atoms with Crippen LogP contribution < -0.4 is 0 Å². The molecule has 0 spiro atoms. The second kappa shape index (κ2) is 7.82. The molecule has 0 radical (unpaired) electrons. The maximum Gasteiger partial charge on any atom is 0.0325 e. The summed E-state index contributed by atoms with van der Waals surface area (Å²) in [6, 6.07) is 0. The lowest BCUT2D eigenvalue weighted by atomic mass is 10.6. The fraction of sp³-hybridized carbons (Fsp3) is 0.625. The summed E-state index contributed by atoms with van der Waals surface area (Å²) in [5.74, 6) is 0.973. The van der Waals surface area contributed by atoms with Crippen LogP contribution in [0.1, 0.15) is 0 Å². The van der Waals surface area contributed by atoms with Gasteiger partial charge in [0.2, 0.25) is 0 Å². The van der Waals surface area contributed by atoms with E-state index >= 15 is 0 Å². The van der Waals surface area contributed by atoms with E-state index in [4.69, 9.17) is 0 Å². The third kappa shape index (κ3) is 9.72. The van der Waals surface area contributed by atoms with E-state index in [2.05, 4.69) is 35.5 Å². The lowest BCUT2D eigenvalue weighted by Gasteiger charge is -2.02. The van der Waals surface area contributed by atoms with E-state index in [1.165, 1.54) is 0 Å². The van der Waals surface area contributed by atoms with Crippen LogP contribution in [0.3, 0.4) is 0 Å². The monoisotopic (exact) mass is 172 g/mol. The van der Waals surface area contributed by atoms with Crippen LogP contribution in [0.2, 0.25) is 0 Å². The first-order chi connectivity index (χ1) is 5.27. The van der Waals surface area contributed by atoms with Gasteiger partial charge in [-0.05, 0) is 19.5 Å². The molecule has 0 aliphatic rings. The van der Waals surface area contributed by atoms with Crippen molar-refractivity contribution in [3.05, 3.63) is 11.5 Å². The summed E-state index contributed by atoms with van der Waals surface area (Å²) >= 11 is 1.76. The maximum atomic E-state index is 3.88. The molecule has 2 nitrogen and oxygen atoms in total. The molecule has 0 fully saturated rings. The second-order valence-corrected chi connectivity index (χ2v) is 3.35. The number of hydrogen-bond acceptors (Lipinski definition) is 3. The van der Waals surface area contributed by atoms with Crippen LogP contribution in [-0.2, 0) is 0 Å². The molecule has 0 unspecified atom stereocenters. The minimum atomic E-state index is 0.973. The van der Waals surface area contributed by atoms with Crippen molar-refractivity contribution in [3.63, 3.8) is 0 Å². The summed E-state index contributed by atoms with van der Waals surface area (Å²) in [7, 11) is 5.91. The van der Waals surface area contributed by atoms with Crippen LogP contribution in [0.4, 0.5) is 0 Å². The molecule has 0 aliphatic carbocycles. The molecule has 64 valence electrons. The van der Waals surface area contributed by atoms with Crippen molar-refractivity contribution < 1.29 is 0 Å². The van der Waals surface area contributed by atoms with Crippen LogP contribution in [0.5, 0.6) is 0 Å². The lowest BCUT2D eigenvalue weighted by Crippen LogP contribution is -2.10. The van der Waals surface area contributed by atoms with Gasteiger partial charge in [0.25, 0.3) is 0 Å². The predicted molar refractivity (Wildman–Crippen MR) is 54.6 cm³/mol.